The van der Waals surface area contributed by atoms with Crippen molar-refractivity contribution in [1.82, 2.24) is 0 Å². The third kappa shape index (κ3) is 3.28. The molecule has 0 fully saturated rings. The van der Waals surface area contributed by atoms with Gasteiger partial charge in [0, 0.05) is 24.6 Å². The predicted molar refractivity (Wildman–Crippen MR) is 92.5 cm³/mol. The number of aliphatic carboxylic acids is 1. The number of carbonyl (C=O) groups excluding carboxylic acids is 1. The lowest BCUT2D eigenvalue weighted by molar-refractivity contribution is -0.137. The summed E-state index contributed by atoms with van der Waals surface area (Å²) in [4.78, 5) is 29.6. The van der Waals surface area contributed by atoms with E-state index in [9.17, 15) is 14.0 Å². The highest BCUT2D eigenvalue weighted by Gasteiger charge is 2.30. The van der Waals surface area contributed by atoms with Crippen LogP contribution in [-0.2, 0) is 9.59 Å². The van der Waals surface area contributed by atoms with Gasteiger partial charge in [-0.05, 0) is 24.6 Å². The predicted octanol–water partition coefficient (Wildman–Crippen LogP) is 2.87. The summed E-state index contributed by atoms with van der Waals surface area (Å²) >= 11 is 0. The Hall–Kier alpha value is -3.02. The second-order valence-electron chi connectivity index (χ2n) is 5.82. The number of halogens is 1. The van der Waals surface area contributed by atoms with Gasteiger partial charge in [0.05, 0.1) is 11.4 Å². The standard InChI is InChI=1S/C19H17FN2O3/c1-22-16-9-5-3-7-13(16)18(12-6-2-4-8-14(12)20)21-15(19(22)25)10-11-17(23)24/h2-9,15H,10-11H2,1H3,(H,23,24)/t15-/m0/s1. The van der Waals surface area contributed by atoms with Crippen LogP contribution >= 0.6 is 0 Å². The fraction of sp³-hybridized carbons (Fsp3) is 0.211. The van der Waals surface area contributed by atoms with E-state index in [1.54, 1.807) is 49.5 Å². The molecule has 0 saturated carbocycles. The number of para-hydroxylation sites is 1. The number of carboxylic acids is 1. The molecule has 25 heavy (non-hydrogen) atoms. The minimum Gasteiger partial charge on any atom is -0.481 e. The van der Waals surface area contributed by atoms with Gasteiger partial charge in [0.15, 0.2) is 0 Å². The third-order valence-electron chi connectivity index (χ3n) is 4.18. The van der Waals surface area contributed by atoms with Crippen LogP contribution in [0.4, 0.5) is 10.1 Å². The topological polar surface area (TPSA) is 70.0 Å². The summed E-state index contributed by atoms with van der Waals surface area (Å²) in [5, 5.41) is 8.93. The summed E-state index contributed by atoms with van der Waals surface area (Å²) < 4.78 is 14.4. The van der Waals surface area contributed by atoms with E-state index in [0.717, 1.165) is 0 Å². The SMILES string of the molecule is CN1C(=O)[C@H](CCC(=O)O)N=C(c2ccccc2F)c2ccccc21. The molecule has 1 aliphatic rings. The normalized spacial score (nSPS) is 16.9. The van der Waals surface area contributed by atoms with Gasteiger partial charge in [-0.3, -0.25) is 14.6 Å². The third-order valence-corrected chi connectivity index (χ3v) is 4.18. The second kappa shape index (κ2) is 6.84. The molecule has 2 aromatic carbocycles. The molecule has 0 spiro atoms. The molecule has 1 N–H and O–H groups in total. The first kappa shape index (κ1) is 16.8. The molecule has 0 saturated heterocycles. The number of hydrogen-bond donors (Lipinski definition) is 1. The minimum atomic E-state index is -1.00. The highest BCUT2D eigenvalue weighted by atomic mass is 19.1. The van der Waals surface area contributed by atoms with Gasteiger partial charge < -0.3 is 10.0 Å². The van der Waals surface area contributed by atoms with Gasteiger partial charge in [0.2, 0.25) is 0 Å². The van der Waals surface area contributed by atoms with Crippen molar-refractivity contribution >= 4 is 23.3 Å². The monoisotopic (exact) mass is 340 g/mol. The first-order chi connectivity index (χ1) is 12.0. The molecule has 3 rings (SSSR count). The fourth-order valence-corrected chi connectivity index (χ4v) is 2.91. The molecule has 1 heterocycles. The van der Waals surface area contributed by atoms with Crippen LogP contribution in [0.5, 0.6) is 0 Å². The molecule has 1 amide bonds. The summed E-state index contributed by atoms with van der Waals surface area (Å²) in [7, 11) is 1.62. The zero-order chi connectivity index (χ0) is 18.0. The quantitative estimate of drug-likeness (QED) is 0.930. The van der Waals surface area contributed by atoms with Crippen LogP contribution in [0.1, 0.15) is 24.0 Å². The van der Waals surface area contributed by atoms with E-state index >= 15 is 0 Å². The van der Waals surface area contributed by atoms with E-state index in [1.165, 1.54) is 11.0 Å². The van der Waals surface area contributed by atoms with Gasteiger partial charge in [-0.25, -0.2) is 4.39 Å². The van der Waals surface area contributed by atoms with Crippen LogP contribution in [-0.4, -0.2) is 35.8 Å². The molecular formula is C19H17FN2O3. The molecular weight excluding hydrogens is 323 g/mol. The van der Waals surface area contributed by atoms with Gasteiger partial charge in [-0.15, -0.1) is 0 Å². The molecule has 0 aliphatic carbocycles. The molecule has 2 aromatic rings. The lowest BCUT2D eigenvalue weighted by atomic mass is 10.00. The molecule has 0 bridgehead atoms. The van der Waals surface area contributed by atoms with Gasteiger partial charge in [-0.1, -0.05) is 30.3 Å². The van der Waals surface area contributed by atoms with Crippen molar-refractivity contribution in [3.8, 4) is 0 Å². The zero-order valence-corrected chi connectivity index (χ0v) is 13.6. The maximum absolute atomic E-state index is 14.4. The van der Waals surface area contributed by atoms with Gasteiger partial charge in [0.1, 0.15) is 11.9 Å². The molecule has 1 atom stereocenters. The largest absolute Gasteiger partial charge is 0.481 e. The number of likely N-dealkylation sites (N-methyl/N-ethyl adjacent to an activating group) is 1. The summed E-state index contributed by atoms with van der Waals surface area (Å²) in [6.07, 6.45) is -0.126. The van der Waals surface area contributed by atoms with Crippen molar-refractivity contribution in [3.05, 3.63) is 65.5 Å². The molecule has 128 valence electrons. The Morgan fingerprint density at radius 2 is 1.80 bits per heavy atom. The molecule has 1 aliphatic heterocycles. The van der Waals surface area contributed by atoms with Gasteiger partial charge >= 0.3 is 5.97 Å². The Balaban J connectivity index is 2.17. The summed E-state index contributed by atoms with van der Waals surface area (Å²) in [5.41, 5.74) is 1.91. The Morgan fingerprint density at radius 3 is 2.48 bits per heavy atom. The molecule has 0 aromatic heterocycles. The summed E-state index contributed by atoms with van der Waals surface area (Å²) in [5.74, 6) is -1.75. The lowest BCUT2D eigenvalue weighted by Gasteiger charge is -2.20. The lowest BCUT2D eigenvalue weighted by Crippen LogP contribution is -2.35. The number of carbonyl (C=O) groups is 2. The Bertz CT molecular complexity index is 863. The summed E-state index contributed by atoms with van der Waals surface area (Å²) in [6, 6.07) is 12.5. The maximum Gasteiger partial charge on any atom is 0.303 e. The van der Waals surface area contributed by atoms with Crippen molar-refractivity contribution in [2.75, 3.05) is 11.9 Å². The van der Waals surface area contributed by atoms with E-state index < -0.39 is 17.8 Å². The van der Waals surface area contributed by atoms with Crippen molar-refractivity contribution in [1.29, 1.82) is 0 Å². The highest BCUT2D eigenvalue weighted by Crippen LogP contribution is 2.29. The number of rotatable bonds is 4. The fourth-order valence-electron chi connectivity index (χ4n) is 2.91. The molecule has 0 unspecified atom stereocenters. The minimum absolute atomic E-state index is 0.0600. The number of nitrogens with zero attached hydrogens (tertiary/aromatic N) is 2. The average Bonchev–Trinajstić information content (AvgIpc) is 2.71. The first-order valence-electron chi connectivity index (χ1n) is 7.90. The Kier molecular flexibility index (Phi) is 4.61. The van der Waals surface area contributed by atoms with E-state index in [2.05, 4.69) is 4.99 Å². The molecule has 6 heteroatoms. The van der Waals surface area contributed by atoms with Crippen LogP contribution in [0.2, 0.25) is 0 Å². The zero-order valence-electron chi connectivity index (χ0n) is 13.6. The van der Waals surface area contributed by atoms with Crippen molar-refractivity contribution in [2.45, 2.75) is 18.9 Å². The second-order valence-corrected chi connectivity index (χ2v) is 5.82. The van der Waals surface area contributed by atoms with Gasteiger partial charge in [-0.2, -0.15) is 0 Å². The van der Waals surface area contributed by atoms with E-state index in [1.807, 2.05) is 0 Å². The van der Waals surface area contributed by atoms with Crippen molar-refractivity contribution in [3.63, 3.8) is 0 Å². The number of amides is 1. The van der Waals surface area contributed by atoms with Crippen LogP contribution in [0.3, 0.4) is 0 Å². The average molecular weight is 340 g/mol. The van der Waals surface area contributed by atoms with E-state index in [-0.39, 0.29) is 18.7 Å². The van der Waals surface area contributed by atoms with Crippen molar-refractivity contribution in [2.24, 2.45) is 4.99 Å². The number of anilines is 1. The van der Waals surface area contributed by atoms with Crippen molar-refractivity contribution < 1.29 is 19.1 Å². The smallest absolute Gasteiger partial charge is 0.303 e. The maximum atomic E-state index is 14.4. The first-order valence-corrected chi connectivity index (χ1v) is 7.90. The summed E-state index contributed by atoms with van der Waals surface area (Å²) in [6.45, 7) is 0. The number of fused-ring (bicyclic) bond motifs is 1. The number of benzene rings is 2. The number of carboxylic acid groups (broad SMARTS) is 1. The van der Waals surface area contributed by atoms with E-state index in [0.29, 0.717) is 22.5 Å². The Morgan fingerprint density at radius 1 is 1.16 bits per heavy atom. The van der Waals surface area contributed by atoms with Crippen LogP contribution in [0.15, 0.2) is 53.5 Å². The van der Waals surface area contributed by atoms with Crippen LogP contribution < -0.4 is 4.90 Å². The number of aliphatic imine (C=N–C) groups is 1. The van der Waals surface area contributed by atoms with Crippen LogP contribution in [0.25, 0.3) is 0 Å². The molecule has 5 nitrogen and oxygen atoms in total. The van der Waals surface area contributed by atoms with E-state index in [4.69, 9.17) is 5.11 Å². The highest BCUT2D eigenvalue weighted by molar-refractivity contribution is 6.20. The number of hydrogen-bond acceptors (Lipinski definition) is 3. The number of benzodiazepines with no additional fused rings is 1. The van der Waals surface area contributed by atoms with Crippen LogP contribution in [0, 0.1) is 5.82 Å². The van der Waals surface area contributed by atoms with Gasteiger partial charge in [0.25, 0.3) is 5.91 Å². The molecule has 0 radical (unpaired) electrons. The Labute approximate surface area is 144 Å².